The lowest BCUT2D eigenvalue weighted by Gasteiger charge is -2.32. The van der Waals surface area contributed by atoms with Crippen LogP contribution in [0.15, 0.2) is 103 Å². The highest BCUT2D eigenvalue weighted by atomic mass is 28.3. The molecule has 0 heterocycles. The average molecular weight is 986 g/mol. The average Bonchev–Trinajstić information content (AvgIpc) is 3.20. The highest BCUT2D eigenvalue weighted by molar-refractivity contribution is 6.95. The topological polar surface area (TPSA) is 0 Å². The SMILES string of the molecule is CCC[Si](C)(C)CC[Si](C)(C)c1ccc([Si](C)(C)C)cc1.CCC[Si](C)(C)c1ccc([Si](C)(C)C)cc1.CCC[Si](C)(CC[Si](C)(C)c1ccc([Si](C)(C)C)cc1)c1ccccc1. The monoisotopic (exact) mass is 985 g/mol. The minimum absolute atomic E-state index is 0.945. The van der Waals surface area contributed by atoms with Crippen LogP contribution in [-0.2, 0) is 0 Å². The fraction of sp³-hybridized carbons (Fsp3) is 0.564. The number of benzene rings is 4. The van der Waals surface area contributed by atoms with Crippen molar-refractivity contribution in [1.29, 1.82) is 0 Å². The fourth-order valence-corrected chi connectivity index (χ4v) is 32.4. The van der Waals surface area contributed by atoms with E-state index in [4.69, 9.17) is 0 Å². The molecule has 0 fully saturated rings. The Hall–Kier alpha value is -1.38. The van der Waals surface area contributed by atoms with E-state index in [0.29, 0.717) is 0 Å². The van der Waals surface area contributed by atoms with E-state index in [-0.39, 0.29) is 0 Å². The molecule has 0 aliphatic carbocycles. The molecule has 4 aromatic rings. The molecule has 0 aromatic heterocycles. The maximum Gasteiger partial charge on any atom is 0.0834 e. The molecule has 0 spiro atoms. The summed E-state index contributed by atoms with van der Waals surface area (Å²) in [5.41, 5.74) is 0. The van der Waals surface area contributed by atoms with Crippen LogP contribution in [0, 0.1) is 0 Å². The summed E-state index contributed by atoms with van der Waals surface area (Å²) in [6, 6.07) is 50.6. The summed E-state index contributed by atoms with van der Waals surface area (Å²) in [5, 5.41) is 11.3. The van der Waals surface area contributed by atoms with Gasteiger partial charge in [-0.25, -0.2) is 0 Å². The van der Waals surface area contributed by atoms with E-state index in [1.165, 1.54) is 61.6 Å². The summed E-state index contributed by atoms with van der Waals surface area (Å²) in [6.45, 7) is 51.9. The molecule has 0 aliphatic rings. The van der Waals surface area contributed by atoms with Gasteiger partial charge in [-0.3, -0.25) is 0 Å². The Bertz CT molecular complexity index is 1890. The summed E-state index contributed by atoms with van der Waals surface area (Å²) in [7, 11) is -9.56. The highest BCUT2D eigenvalue weighted by Gasteiger charge is 2.33. The predicted molar refractivity (Wildman–Crippen MR) is 319 cm³/mol. The Morgan fingerprint density at radius 2 is 0.540 bits per heavy atom. The van der Waals surface area contributed by atoms with Gasteiger partial charge in [0.15, 0.2) is 0 Å². The number of hydrogen-bond donors (Lipinski definition) is 0. The lowest BCUT2D eigenvalue weighted by atomic mass is 10.4. The lowest BCUT2D eigenvalue weighted by Crippen LogP contribution is -2.49. The van der Waals surface area contributed by atoms with E-state index in [0.717, 1.165) is 0 Å². The van der Waals surface area contributed by atoms with Gasteiger partial charge >= 0.3 is 0 Å². The van der Waals surface area contributed by atoms with Crippen LogP contribution in [0.2, 0.25) is 160 Å². The molecule has 0 aliphatic heterocycles. The van der Waals surface area contributed by atoms with Crippen LogP contribution in [0.5, 0.6) is 0 Å². The molecule has 0 N–H and O–H groups in total. The normalized spacial score (nSPS) is 13.9. The summed E-state index contributed by atoms with van der Waals surface area (Å²) in [4.78, 5) is 0. The molecule has 0 radical (unpaired) electrons. The van der Waals surface area contributed by atoms with Crippen LogP contribution in [0.4, 0.5) is 0 Å². The van der Waals surface area contributed by atoms with E-state index in [1.807, 2.05) is 0 Å². The first-order chi connectivity index (χ1) is 28.8. The third-order valence-corrected chi connectivity index (χ3v) is 40.2. The van der Waals surface area contributed by atoms with Crippen molar-refractivity contribution < 1.29 is 0 Å². The first-order valence-electron chi connectivity index (χ1n) is 25.2. The third-order valence-electron chi connectivity index (χ3n) is 14.4. The van der Waals surface area contributed by atoms with Gasteiger partial charge in [0.1, 0.15) is 0 Å². The molecule has 0 saturated carbocycles. The van der Waals surface area contributed by atoms with E-state index >= 15 is 0 Å². The molecule has 0 amide bonds. The maximum absolute atomic E-state index is 2.62. The van der Waals surface area contributed by atoms with Crippen molar-refractivity contribution in [1.82, 2.24) is 0 Å². The van der Waals surface area contributed by atoms with E-state index < -0.39 is 64.6 Å². The van der Waals surface area contributed by atoms with Crippen molar-refractivity contribution >= 4 is 101 Å². The Balaban J connectivity index is 0.000000335. The summed E-state index contributed by atoms with van der Waals surface area (Å²) >= 11 is 0. The second-order valence-electron chi connectivity index (χ2n) is 25.5. The Kier molecular flexibility index (Phi) is 22.1. The first-order valence-corrected chi connectivity index (χ1v) is 51.7. The standard InChI is InChI=1S/C23H38Si3.C18H36Si3.C14H26Si2/c1-8-18-26(7,23-12-10-9-11-13-23)20-19-25(5,6)22-16-14-21(15-17-22)24(2,3)4;1-9-14-20(5,6)15-16-21(7,8)18-12-10-17(11-13-18)19(2,3)4;1-7-12-16(5,6)14-10-8-13(9-11-14)15(2,3)4/h9-17H,8,18-20H2,1-7H3;10-13H,9,14-16H2,1-8H3;8-11H,7,12H2,1-6H3. The van der Waals surface area contributed by atoms with Crippen molar-refractivity contribution in [2.75, 3.05) is 0 Å². The molecule has 0 saturated heterocycles. The molecular formula is C55H100Si8. The molecule has 4 aromatic carbocycles. The second-order valence-corrected chi connectivity index (χ2v) is 65.3. The summed E-state index contributed by atoms with van der Waals surface area (Å²) in [5.74, 6) is 0. The van der Waals surface area contributed by atoms with Crippen LogP contribution in [0.25, 0.3) is 0 Å². The van der Waals surface area contributed by atoms with Crippen molar-refractivity contribution in [2.24, 2.45) is 0 Å². The largest absolute Gasteiger partial charge is 0.0834 e. The number of rotatable bonds is 19. The smallest absolute Gasteiger partial charge is 0.0694 e. The van der Waals surface area contributed by atoms with Gasteiger partial charge < -0.3 is 0 Å². The minimum Gasteiger partial charge on any atom is -0.0694 e. The molecule has 8 heteroatoms. The van der Waals surface area contributed by atoms with Gasteiger partial charge in [-0.05, 0) is 0 Å². The molecule has 0 bridgehead atoms. The van der Waals surface area contributed by atoms with Crippen LogP contribution in [-0.4, -0.2) is 64.6 Å². The number of hydrogen-bond acceptors (Lipinski definition) is 0. The Morgan fingerprint density at radius 1 is 0.254 bits per heavy atom. The third kappa shape index (κ3) is 19.0. The molecule has 0 nitrogen and oxygen atoms in total. The second kappa shape index (κ2) is 24.1. The van der Waals surface area contributed by atoms with Gasteiger partial charge in [0.05, 0.1) is 56.5 Å². The summed E-state index contributed by atoms with van der Waals surface area (Å²) < 4.78 is 0. The maximum atomic E-state index is 2.62. The quantitative estimate of drug-likeness (QED) is 0.0822. The van der Waals surface area contributed by atoms with Crippen molar-refractivity contribution in [3.8, 4) is 0 Å². The van der Waals surface area contributed by atoms with Gasteiger partial charge in [0.2, 0.25) is 0 Å². The molecule has 1 unspecified atom stereocenters. The highest BCUT2D eigenvalue weighted by Crippen LogP contribution is 2.26. The van der Waals surface area contributed by atoms with Crippen LogP contribution in [0.3, 0.4) is 0 Å². The van der Waals surface area contributed by atoms with Gasteiger partial charge in [-0.15, -0.1) is 0 Å². The predicted octanol–water partition coefficient (Wildman–Crippen LogP) is 14.4. The summed E-state index contributed by atoms with van der Waals surface area (Å²) in [6.07, 6.45) is 3.99. The van der Waals surface area contributed by atoms with Gasteiger partial charge in [-0.2, -0.15) is 0 Å². The molecule has 1 atom stereocenters. The molecule has 352 valence electrons. The first kappa shape index (κ1) is 57.7. The van der Waals surface area contributed by atoms with Crippen molar-refractivity contribution in [3.05, 3.63) is 103 Å². The fourth-order valence-electron chi connectivity index (χ4n) is 9.17. The zero-order valence-electron chi connectivity index (χ0n) is 45.4. The van der Waals surface area contributed by atoms with Gasteiger partial charge in [0, 0.05) is 8.07 Å². The van der Waals surface area contributed by atoms with E-state index in [9.17, 15) is 0 Å². The van der Waals surface area contributed by atoms with E-state index in [1.54, 1.807) is 36.3 Å². The molecular weight excluding hydrogens is 885 g/mol. The zero-order chi connectivity index (χ0) is 48.1. The van der Waals surface area contributed by atoms with Crippen LogP contribution in [0.1, 0.15) is 40.0 Å². The van der Waals surface area contributed by atoms with Crippen LogP contribution < -0.4 is 36.3 Å². The minimum atomic E-state index is -1.38. The Labute approximate surface area is 401 Å². The lowest BCUT2D eigenvalue weighted by molar-refractivity contribution is 1.03. The van der Waals surface area contributed by atoms with Gasteiger partial charge in [0.25, 0.3) is 0 Å². The molecule has 63 heavy (non-hydrogen) atoms. The van der Waals surface area contributed by atoms with E-state index in [2.05, 4.69) is 242 Å². The van der Waals surface area contributed by atoms with Crippen molar-refractivity contribution in [2.45, 2.75) is 200 Å². The van der Waals surface area contributed by atoms with Crippen LogP contribution >= 0.6 is 0 Å². The molecule has 4 rings (SSSR count). The Morgan fingerprint density at radius 3 is 0.841 bits per heavy atom. The van der Waals surface area contributed by atoms with Crippen molar-refractivity contribution in [3.63, 3.8) is 0 Å². The zero-order valence-corrected chi connectivity index (χ0v) is 53.4. The van der Waals surface area contributed by atoms with Gasteiger partial charge in [-0.1, -0.05) is 340 Å².